The minimum Gasteiger partial charge on any atom is -0.308 e. The van der Waals surface area contributed by atoms with Crippen LogP contribution in [0.3, 0.4) is 0 Å². The highest BCUT2D eigenvalue weighted by Crippen LogP contribution is 2.36. The van der Waals surface area contributed by atoms with Crippen molar-refractivity contribution in [1.29, 1.82) is 0 Å². The number of nitrogens with one attached hydrogen (secondary N) is 1. The lowest BCUT2D eigenvalue weighted by molar-refractivity contribution is -0.140. The van der Waals surface area contributed by atoms with Crippen molar-refractivity contribution in [1.82, 2.24) is 5.32 Å². The van der Waals surface area contributed by atoms with Gasteiger partial charge in [0.2, 0.25) is 0 Å². The number of benzene rings is 1. The molecule has 1 heterocycles. The molecule has 0 amide bonds. The average molecular weight is 247 g/mol. The largest absolute Gasteiger partial charge is 0.419 e. The molecule has 2 rings (SSSR count). The lowest BCUT2D eigenvalue weighted by Gasteiger charge is -2.26. The quantitative estimate of drug-likeness (QED) is 0.749. The van der Waals surface area contributed by atoms with Gasteiger partial charge in [0.25, 0.3) is 0 Å². The van der Waals surface area contributed by atoms with Crippen LogP contribution < -0.4 is 5.32 Å². The van der Waals surface area contributed by atoms with E-state index in [1.807, 2.05) is 6.92 Å². The van der Waals surface area contributed by atoms with Crippen molar-refractivity contribution in [3.63, 3.8) is 0 Å². The molecule has 0 saturated carbocycles. The maximum Gasteiger partial charge on any atom is 0.419 e. The predicted octanol–water partition coefficient (Wildman–Crippen LogP) is 3.44. The third-order valence-electron chi connectivity index (χ3n) is 3.28. The topological polar surface area (TPSA) is 12.0 Å². The van der Waals surface area contributed by atoms with Gasteiger partial charge in [-0.05, 0) is 44.0 Å². The van der Waals surface area contributed by atoms with E-state index in [1.165, 1.54) is 6.07 Å². The molecule has 1 atom stereocenters. The van der Waals surface area contributed by atoms with E-state index in [1.54, 1.807) is 0 Å². The molecular formula is C12H13F4N. The van der Waals surface area contributed by atoms with E-state index >= 15 is 0 Å². The Hall–Kier alpha value is -1.10. The molecule has 94 valence electrons. The van der Waals surface area contributed by atoms with Crippen LogP contribution in [0.1, 0.15) is 30.9 Å². The van der Waals surface area contributed by atoms with Gasteiger partial charge < -0.3 is 5.32 Å². The Labute approximate surface area is 96.8 Å². The van der Waals surface area contributed by atoms with Gasteiger partial charge in [0.05, 0.1) is 5.56 Å². The molecule has 1 fully saturated rings. The Morgan fingerprint density at radius 1 is 1.29 bits per heavy atom. The number of hydrogen-bond acceptors (Lipinski definition) is 1. The fraction of sp³-hybridized carbons (Fsp3) is 0.500. The van der Waals surface area contributed by atoms with Crippen LogP contribution in [0.4, 0.5) is 17.6 Å². The number of rotatable bonds is 1. The standard InChI is InChI=1S/C12H13F4N/c1-11(5-2-6-17-11)8-3-4-10(13)9(7-8)12(14,15)16/h3-4,7,17H,2,5-6H2,1H3. The van der Waals surface area contributed by atoms with Crippen molar-refractivity contribution in [3.8, 4) is 0 Å². The maximum absolute atomic E-state index is 13.1. The molecule has 1 aromatic rings. The van der Waals surface area contributed by atoms with Crippen molar-refractivity contribution < 1.29 is 17.6 Å². The predicted molar refractivity (Wildman–Crippen MR) is 56.0 cm³/mol. The lowest BCUT2D eigenvalue weighted by atomic mass is 9.89. The summed E-state index contributed by atoms with van der Waals surface area (Å²) in [6, 6.07) is 3.22. The second-order valence-electron chi connectivity index (χ2n) is 4.55. The average Bonchev–Trinajstić information content (AvgIpc) is 2.65. The summed E-state index contributed by atoms with van der Waals surface area (Å²) in [5.74, 6) is -1.22. The summed E-state index contributed by atoms with van der Waals surface area (Å²) < 4.78 is 50.9. The normalized spacial score (nSPS) is 25.2. The first kappa shape index (κ1) is 12.4. The zero-order chi connectivity index (χ0) is 12.7. The molecule has 1 saturated heterocycles. The first-order valence-electron chi connectivity index (χ1n) is 5.45. The number of hydrogen-bond donors (Lipinski definition) is 1. The van der Waals surface area contributed by atoms with Gasteiger partial charge in [-0.2, -0.15) is 13.2 Å². The summed E-state index contributed by atoms with van der Waals surface area (Å²) in [5, 5.41) is 3.16. The summed E-state index contributed by atoms with van der Waals surface area (Å²) in [6.07, 6.45) is -2.97. The third kappa shape index (κ3) is 2.29. The Bertz CT molecular complexity index is 419. The van der Waals surface area contributed by atoms with Crippen molar-refractivity contribution in [3.05, 3.63) is 35.1 Å². The zero-order valence-electron chi connectivity index (χ0n) is 9.37. The van der Waals surface area contributed by atoms with Gasteiger partial charge in [-0.3, -0.25) is 0 Å². The molecular weight excluding hydrogens is 234 g/mol. The number of alkyl halides is 3. The summed E-state index contributed by atoms with van der Waals surface area (Å²) in [7, 11) is 0. The van der Waals surface area contributed by atoms with E-state index in [0.717, 1.165) is 31.5 Å². The third-order valence-corrected chi connectivity index (χ3v) is 3.28. The molecule has 17 heavy (non-hydrogen) atoms. The molecule has 1 N–H and O–H groups in total. The van der Waals surface area contributed by atoms with Gasteiger partial charge in [0.15, 0.2) is 0 Å². The number of halogens is 4. The van der Waals surface area contributed by atoms with Crippen molar-refractivity contribution >= 4 is 0 Å². The second kappa shape index (κ2) is 3.98. The van der Waals surface area contributed by atoms with Crippen LogP contribution in [0.5, 0.6) is 0 Å². The Kier molecular flexibility index (Phi) is 2.89. The first-order chi connectivity index (χ1) is 7.83. The van der Waals surface area contributed by atoms with Crippen molar-refractivity contribution in [2.45, 2.75) is 31.5 Å². The minimum absolute atomic E-state index is 0.478. The van der Waals surface area contributed by atoms with Crippen molar-refractivity contribution in [2.24, 2.45) is 0 Å². The van der Waals surface area contributed by atoms with E-state index < -0.39 is 23.1 Å². The molecule has 1 aliphatic rings. The fourth-order valence-electron chi connectivity index (χ4n) is 2.23. The van der Waals surface area contributed by atoms with E-state index in [4.69, 9.17) is 0 Å². The minimum atomic E-state index is -4.64. The van der Waals surface area contributed by atoms with Crippen LogP contribution in [0.25, 0.3) is 0 Å². The molecule has 1 aliphatic heterocycles. The van der Waals surface area contributed by atoms with E-state index in [2.05, 4.69) is 5.32 Å². The molecule has 0 spiro atoms. The Balaban J connectivity index is 2.44. The highest BCUT2D eigenvalue weighted by Gasteiger charge is 2.37. The smallest absolute Gasteiger partial charge is 0.308 e. The molecule has 0 bridgehead atoms. The van der Waals surface area contributed by atoms with Crippen LogP contribution >= 0.6 is 0 Å². The lowest BCUT2D eigenvalue weighted by Crippen LogP contribution is -2.33. The van der Waals surface area contributed by atoms with Gasteiger partial charge in [-0.1, -0.05) is 6.07 Å². The van der Waals surface area contributed by atoms with Crippen LogP contribution in [-0.4, -0.2) is 6.54 Å². The summed E-state index contributed by atoms with van der Waals surface area (Å²) >= 11 is 0. The maximum atomic E-state index is 13.1. The van der Waals surface area contributed by atoms with E-state index in [9.17, 15) is 17.6 Å². The monoisotopic (exact) mass is 247 g/mol. The summed E-state index contributed by atoms with van der Waals surface area (Å²) in [4.78, 5) is 0. The van der Waals surface area contributed by atoms with E-state index in [-0.39, 0.29) is 0 Å². The molecule has 5 heteroatoms. The van der Waals surface area contributed by atoms with Crippen molar-refractivity contribution in [2.75, 3.05) is 6.54 Å². The first-order valence-corrected chi connectivity index (χ1v) is 5.45. The Morgan fingerprint density at radius 2 is 2.00 bits per heavy atom. The van der Waals surface area contributed by atoms with Crippen LogP contribution in [-0.2, 0) is 11.7 Å². The van der Waals surface area contributed by atoms with Gasteiger partial charge >= 0.3 is 6.18 Å². The SMILES string of the molecule is CC1(c2ccc(F)c(C(F)(F)F)c2)CCCN1. The molecule has 1 aromatic carbocycles. The van der Waals surface area contributed by atoms with Crippen LogP contribution in [0.15, 0.2) is 18.2 Å². The molecule has 0 aliphatic carbocycles. The van der Waals surface area contributed by atoms with Crippen LogP contribution in [0.2, 0.25) is 0 Å². The molecule has 1 unspecified atom stereocenters. The van der Waals surface area contributed by atoms with E-state index in [0.29, 0.717) is 5.56 Å². The molecule has 0 aromatic heterocycles. The second-order valence-corrected chi connectivity index (χ2v) is 4.55. The van der Waals surface area contributed by atoms with Gasteiger partial charge in [-0.25, -0.2) is 4.39 Å². The van der Waals surface area contributed by atoms with Gasteiger partial charge in [0.1, 0.15) is 5.82 Å². The molecule has 1 nitrogen and oxygen atoms in total. The fourth-order valence-corrected chi connectivity index (χ4v) is 2.23. The zero-order valence-corrected chi connectivity index (χ0v) is 9.37. The van der Waals surface area contributed by atoms with Gasteiger partial charge in [0, 0.05) is 5.54 Å². The highest BCUT2D eigenvalue weighted by atomic mass is 19.4. The summed E-state index contributed by atoms with van der Waals surface area (Å²) in [5.41, 5.74) is -1.18. The Morgan fingerprint density at radius 3 is 2.53 bits per heavy atom. The summed E-state index contributed by atoms with van der Waals surface area (Å²) in [6.45, 7) is 2.61. The molecule has 0 radical (unpaired) electrons. The van der Waals surface area contributed by atoms with Crippen LogP contribution in [0, 0.1) is 5.82 Å². The van der Waals surface area contributed by atoms with Gasteiger partial charge in [-0.15, -0.1) is 0 Å². The highest BCUT2D eigenvalue weighted by molar-refractivity contribution is 5.32.